The number of anilines is 1. The summed E-state index contributed by atoms with van der Waals surface area (Å²) in [5.41, 5.74) is 6.99. The normalized spacial score (nSPS) is 13.4. The molecule has 4 N–H and O–H groups in total. The van der Waals surface area contributed by atoms with Crippen LogP contribution in [0, 0.1) is 0 Å². The molecule has 3 amide bonds. The molecule has 104 valence electrons. The lowest BCUT2D eigenvalue weighted by Gasteiger charge is -2.15. The highest BCUT2D eigenvalue weighted by Crippen LogP contribution is 2.20. The highest BCUT2D eigenvalue weighted by atomic mass is 16.2. The molecule has 0 aliphatic rings. The number of urea groups is 1. The summed E-state index contributed by atoms with van der Waals surface area (Å²) in [5, 5.41) is 5.05. The minimum absolute atomic E-state index is 0.446. The topological polar surface area (TPSA) is 84.2 Å². The third-order valence-corrected chi connectivity index (χ3v) is 3.11. The molecule has 2 atom stereocenters. The van der Waals surface area contributed by atoms with Crippen LogP contribution in [-0.2, 0) is 4.79 Å². The van der Waals surface area contributed by atoms with Crippen molar-refractivity contribution in [3.05, 3.63) is 29.8 Å². The summed E-state index contributed by atoms with van der Waals surface area (Å²) in [5.74, 6) is 0.0723. The van der Waals surface area contributed by atoms with E-state index in [1.54, 1.807) is 6.92 Å². The summed E-state index contributed by atoms with van der Waals surface area (Å²) < 4.78 is 0. The van der Waals surface area contributed by atoms with Crippen LogP contribution in [0.25, 0.3) is 0 Å². The third kappa shape index (κ3) is 4.62. The van der Waals surface area contributed by atoms with E-state index in [0.29, 0.717) is 5.92 Å². The van der Waals surface area contributed by atoms with Gasteiger partial charge in [0.05, 0.1) is 0 Å². The van der Waals surface area contributed by atoms with Crippen molar-refractivity contribution in [2.45, 2.75) is 39.2 Å². The van der Waals surface area contributed by atoms with Gasteiger partial charge in [-0.15, -0.1) is 0 Å². The fourth-order valence-electron chi connectivity index (χ4n) is 1.69. The zero-order valence-electron chi connectivity index (χ0n) is 11.6. The molecule has 0 aliphatic carbocycles. The Morgan fingerprint density at radius 1 is 1.21 bits per heavy atom. The number of nitrogens with two attached hydrogens (primary N) is 1. The molecule has 0 unspecified atom stereocenters. The maximum absolute atomic E-state index is 11.5. The molecule has 0 radical (unpaired) electrons. The van der Waals surface area contributed by atoms with Crippen LogP contribution < -0.4 is 16.4 Å². The molecular weight excluding hydrogens is 242 g/mol. The first kappa shape index (κ1) is 15.0. The van der Waals surface area contributed by atoms with E-state index >= 15 is 0 Å². The molecule has 0 saturated carbocycles. The van der Waals surface area contributed by atoms with Crippen LogP contribution in [0.1, 0.15) is 38.7 Å². The van der Waals surface area contributed by atoms with Gasteiger partial charge >= 0.3 is 6.03 Å². The molecule has 0 spiro atoms. The molecule has 19 heavy (non-hydrogen) atoms. The second-order valence-electron chi connectivity index (χ2n) is 4.65. The molecule has 5 nitrogen and oxygen atoms in total. The van der Waals surface area contributed by atoms with Gasteiger partial charge in [-0.1, -0.05) is 26.0 Å². The Hall–Kier alpha value is -2.04. The van der Waals surface area contributed by atoms with E-state index in [9.17, 15) is 9.59 Å². The summed E-state index contributed by atoms with van der Waals surface area (Å²) in [6, 6.07) is 6.56. The number of rotatable bonds is 5. The zero-order valence-corrected chi connectivity index (χ0v) is 11.6. The van der Waals surface area contributed by atoms with E-state index in [-0.39, 0.29) is 0 Å². The summed E-state index contributed by atoms with van der Waals surface area (Å²) in [6.45, 7) is 5.99. The van der Waals surface area contributed by atoms with Crippen molar-refractivity contribution in [2.24, 2.45) is 5.73 Å². The maximum Gasteiger partial charge on any atom is 0.318 e. The van der Waals surface area contributed by atoms with Gasteiger partial charge < -0.3 is 11.1 Å². The summed E-state index contributed by atoms with van der Waals surface area (Å²) in [6.07, 6.45) is 1.09. The van der Waals surface area contributed by atoms with Gasteiger partial charge in [-0.2, -0.15) is 0 Å². The number of imide groups is 1. The number of amides is 3. The number of carbonyl (C=O) groups is 2. The number of benzene rings is 1. The van der Waals surface area contributed by atoms with Gasteiger partial charge in [0.1, 0.15) is 6.04 Å². The fraction of sp³-hybridized carbons (Fsp3) is 0.429. The second kappa shape index (κ2) is 6.78. The van der Waals surface area contributed by atoms with Crippen molar-refractivity contribution in [1.29, 1.82) is 0 Å². The van der Waals surface area contributed by atoms with Crippen molar-refractivity contribution >= 4 is 17.6 Å². The average molecular weight is 263 g/mol. The summed E-state index contributed by atoms with van der Waals surface area (Å²) >= 11 is 0. The molecule has 0 heterocycles. The van der Waals surface area contributed by atoms with Crippen LogP contribution in [0.15, 0.2) is 24.3 Å². The third-order valence-electron chi connectivity index (χ3n) is 3.11. The lowest BCUT2D eigenvalue weighted by Crippen LogP contribution is -2.43. The number of hydrogen-bond donors (Lipinski definition) is 3. The lowest BCUT2D eigenvalue weighted by atomic mass is 9.98. The fourth-order valence-corrected chi connectivity index (χ4v) is 1.69. The van der Waals surface area contributed by atoms with Gasteiger partial charge in [0.2, 0.25) is 5.91 Å². The molecule has 0 aromatic heterocycles. The summed E-state index contributed by atoms with van der Waals surface area (Å²) in [7, 11) is 0. The Bertz CT molecular complexity index is 443. The number of hydrogen-bond acceptors (Lipinski definition) is 3. The van der Waals surface area contributed by atoms with Gasteiger partial charge in [0, 0.05) is 5.69 Å². The number of nitrogens with one attached hydrogen (secondary N) is 2. The standard InChI is InChI=1S/C14H21N3O2/c1-4-9(2)11-5-7-12(8-6-11)16-10(3)13(18)17-14(15)19/h5-10,16H,4H2,1-3H3,(H3,15,17,18,19)/t9-,10-/m0/s1. The van der Waals surface area contributed by atoms with Gasteiger partial charge in [0.25, 0.3) is 0 Å². The Morgan fingerprint density at radius 3 is 2.26 bits per heavy atom. The molecule has 1 rings (SSSR count). The molecule has 0 saturated heterocycles. The van der Waals surface area contributed by atoms with Crippen molar-refractivity contribution in [1.82, 2.24) is 5.32 Å². The van der Waals surface area contributed by atoms with E-state index in [1.807, 2.05) is 29.6 Å². The molecule has 0 fully saturated rings. The van der Waals surface area contributed by atoms with E-state index in [2.05, 4.69) is 19.2 Å². The van der Waals surface area contributed by atoms with Gasteiger partial charge in [0.15, 0.2) is 0 Å². The first-order chi connectivity index (χ1) is 8.93. The smallest absolute Gasteiger partial charge is 0.318 e. The molecule has 0 aliphatic heterocycles. The molecule has 1 aromatic carbocycles. The molecule has 1 aromatic rings. The SMILES string of the molecule is CC[C@H](C)c1ccc(N[C@@H](C)C(=O)NC(N)=O)cc1. The highest BCUT2D eigenvalue weighted by molar-refractivity contribution is 5.97. The highest BCUT2D eigenvalue weighted by Gasteiger charge is 2.14. The zero-order chi connectivity index (χ0) is 14.4. The lowest BCUT2D eigenvalue weighted by molar-refractivity contribution is -0.120. The largest absolute Gasteiger partial charge is 0.374 e. The van der Waals surface area contributed by atoms with Crippen LogP contribution in [0.3, 0.4) is 0 Å². The second-order valence-corrected chi connectivity index (χ2v) is 4.65. The quantitative estimate of drug-likeness (QED) is 0.761. The number of carbonyl (C=O) groups excluding carboxylic acids is 2. The Balaban J connectivity index is 2.62. The number of primary amides is 1. The van der Waals surface area contributed by atoms with Crippen LogP contribution in [0.4, 0.5) is 10.5 Å². The van der Waals surface area contributed by atoms with Crippen LogP contribution in [-0.4, -0.2) is 18.0 Å². The van der Waals surface area contributed by atoms with Crippen LogP contribution in [0.5, 0.6) is 0 Å². The molecule has 5 heteroatoms. The van der Waals surface area contributed by atoms with E-state index in [1.165, 1.54) is 5.56 Å². The average Bonchev–Trinajstić information content (AvgIpc) is 2.37. The van der Waals surface area contributed by atoms with E-state index < -0.39 is 18.0 Å². The Morgan fingerprint density at radius 2 is 1.79 bits per heavy atom. The van der Waals surface area contributed by atoms with E-state index in [4.69, 9.17) is 5.73 Å². The van der Waals surface area contributed by atoms with Gasteiger partial charge in [-0.25, -0.2) is 4.79 Å². The monoisotopic (exact) mass is 263 g/mol. The van der Waals surface area contributed by atoms with Crippen LogP contribution in [0.2, 0.25) is 0 Å². The first-order valence-electron chi connectivity index (χ1n) is 6.40. The van der Waals surface area contributed by atoms with Gasteiger partial charge in [-0.05, 0) is 37.0 Å². The van der Waals surface area contributed by atoms with Crippen molar-refractivity contribution < 1.29 is 9.59 Å². The van der Waals surface area contributed by atoms with Crippen molar-refractivity contribution in [3.8, 4) is 0 Å². The van der Waals surface area contributed by atoms with Gasteiger partial charge in [-0.3, -0.25) is 10.1 Å². The maximum atomic E-state index is 11.5. The first-order valence-corrected chi connectivity index (χ1v) is 6.40. The van der Waals surface area contributed by atoms with Crippen molar-refractivity contribution in [3.63, 3.8) is 0 Å². The Labute approximate surface area is 113 Å². The Kier molecular flexibility index (Phi) is 5.36. The minimum Gasteiger partial charge on any atom is -0.374 e. The summed E-state index contributed by atoms with van der Waals surface area (Å²) in [4.78, 5) is 22.1. The minimum atomic E-state index is -0.842. The molecule has 0 bridgehead atoms. The van der Waals surface area contributed by atoms with Crippen molar-refractivity contribution in [2.75, 3.05) is 5.32 Å². The van der Waals surface area contributed by atoms with E-state index in [0.717, 1.165) is 12.1 Å². The predicted octanol–water partition coefficient (Wildman–Crippen LogP) is 2.20. The van der Waals surface area contributed by atoms with Crippen LogP contribution >= 0.6 is 0 Å². The predicted molar refractivity (Wildman–Crippen MR) is 76.0 cm³/mol. The molecular formula is C14H21N3O2.